The van der Waals surface area contributed by atoms with Crippen LogP contribution in [0.4, 0.5) is 4.79 Å². The first-order chi connectivity index (χ1) is 6.13. The van der Waals surface area contributed by atoms with Crippen LogP contribution in [0.15, 0.2) is 0 Å². The van der Waals surface area contributed by atoms with Crippen molar-refractivity contribution in [1.29, 1.82) is 5.26 Å². The number of hydrogen-bond donors (Lipinski definition) is 0. The van der Waals surface area contributed by atoms with Gasteiger partial charge in [0.25, 0.3) is 0 Å². The Hall–Kier alpha value is -1.28. The van der Waals surface area contributed by atoms with Crippen molar-refractivity contribution in [2.24, 2.45) is 0 Å². The maximum absolute atomic E-state index is 10.9. The second-order valence-corrected chi connectivity index (χ2v) is 3.24. The predicted octanol–water partition coefficient (Wildman–Crippen LogP) is -0.108. The number of likely N-dealkylation sites (N-methyl/N-ethyl adjacent to an activating group) is 2. The van der Waals surface area contributed by atoms with Crippen molar-refractivity contribution in [2.75, 3.05) is 33.7 Å². The molecule has 1 saturated heterocycles. The average Bonchev–Trinajstić information content (AvgIpc) is 2.31. The molecule has 0 saturated carbocycles. The number of carbonyl (C=O) groups is 1. The van der Waals surface area contributed by atoms with Crippen LogP contribution in [0.1, 0.15) is 0 Å². The Morgan fingerprint density at radius 1 is 1.85 bits per heavy atom. The zero-order chi connectivity index (χ0) is 9.84. The first-order valence-electron chi connectivity index (χ1n) is 4.10. The fourth-order valence-electron chi connectivity index (χ4n) is 1.28. The summed E-state index contributed by atoms with van der Waals surface area (Å²) in [5.74, 6) is 0. The maximum Gasteiger partial charge on any atom is 0.410 e. The monoisotopic (exact) mass is 183 g/mol. The minimum Gasteiger partial charge on any atom is -0.443 e. The molecule has 0 aromatic carbocycles. The lowest BCUT2D eigenvalue weighted by atomic mass is 10.3. The van der Waals surface area contributed by atoms with Crippen LogP contribution in [0.2, 0.25) is 0 Å². The number of hydrogen-bond acceptors (Lipinski definition) is 4. The molecule has 0 radical (unpaired) electrons. The van der Waals surface area contributed by atoms with E-state index in [9.17, 15) is 4.79 Å². The van der Waals surface area contributed by atoms with Crippen molar-refractivity contribution >= 4 is 6.09 Å². The average molecular weight is 183 g/mol. The molecule has 1 unspecified atom stereocenters. The highest BCUT2D eigenvalue weighted by atomic mass is 16.6. The first-order valence-corrected chi connectivity index (χ1v) is 4.10. The number of amides is 1. The van der Waals surface area contributed by atoms with Crippen LogP contribution < -0.4 is 0 Å². The molecule has 0 spiro atoms. The van der Waals surface area contributed by atoms with Gasteiger partial charge in [-0.05, 0) is 7.05 Å². The van der Waals surface area contributed by atoms with E-state index < -0.39 is 0 Å². The van der Waals surface area contributed by atoms with Gasteiger partial charge in [-0.3, -0.25) is 4.90 Å². The van der Waals surface area contributed by atoms with E-state index in [1.807, 2.05) is 18.0 Å². The first kappa shape index (κ1) is 9.81. The van der Waals surface area contributed by atoms with E-state index in [0.717, 1.165) is 0 Å². The second-order valence-electron chi connectivity index (χ2n) is 3.24. The normalized spacial score (nSPS) is 21.8. The molecular weight excluding hydrogens is 170 g/mol. The molecule has 13 heavy (non-hydrogen) atoms. The van der Waals surface area contributed by atoms with Gasteiger partial charge >= 0.3 is 6.09 Å². The minimum absolute atomic E-state index is 0.101. The zero-order valence-corrected chi connectivity index (χ0v) is 7.86. The quantitative estimate of drug-likeness (QED) is 0.573. The third-order valence-corrected chi connectivity index (χ3v) is 1.91. The summed E-state index contributed by atoms with van der Waals surface area (Å²) < 4.78 is 5.03. The fraction of sp³-hybridized carbons (Fsp3) is 0.750. The van der Waals surface area contributed by atoms with E-state index in [1.165, 1.54) is 4.90 Å². The molecule has 0 bridgehead atoms. The van der Waals surface area contributed by atoms with Crippen molar-refractivity contribution in [2.45, 2.75) is 6.10 Å². The highest BCUT2D eigenvalue weighted by Crippen LogP contribution is 2.09. The molecule has 1 aliphatic rings. The topological polar surface area (TPSA) is 56.6 Å². The Bertz CT molecular complexity index is 236. The van der Waals surface area contributed by atoms with Gasteiger partial charge in [0, 0.05) is 13.6 Å². The molecule has 1 atom stereocenters. The van der Waals surface area contributed by atoms with Gasteiger partial charge in [-0.2, -0.15) is 5.26 Å². The summed E-state index contributed by atoms with van der Waals surface area (Å²) in [6.45, 7) is 1.58. The third kappa shape index (κ3) is 2.60. The van der Waals surface area contributed by atoms with Gasteiger partial charge in [0.05, 0.1) is 19.2 Å². The predicted molar refractivity (Wildman–Crippen MR) is 46.0 cm³/mol. The molecule has 0 aliphatic carbocycles. The molecule has 1 aliphatic heterocycles. The Labute approximate surface area is 77.5 Å². The van der Waals surface area contributed by atoms with Crippen LogP contribution in [0, 0.1) is 11.3 Å². The van der Waals surface area contributed by atoms with Crippen molar-refractivity contribution in [3.05, 3.63) is 0 Å². The molecular formula is C8H13N3O2. The summed E-state index contributed by atoms with van der Waals surface area (Å²) in [6.07, 6.45) is -0.383. The number of carbonyl (C=O) groups excluding carboxylic acids is 1. The molecule has 1 fully saturated rings. The number of nitrogens with zero attached hydrogens (tertiary/aromatic N) is 3. The van der Waals surface area contributed by atoms with E-state index in [-0.39, 0.29) is 12.2 Å². The second kappa shape index (κ2) is 4.10. The Kier molecular flexibility index (Phi) is 3.09. The van der Waals surface area contributed by atoms with Gasteiger partial charge in [0.2, 0.25) is 0 Å². The Morgan fingerprint density at radius 3 is 3.00 bits per heavy atom. The van der Waals surface area contributed by atoms with E-state index in [1.54, 1.807) is 7.05 Å². The molecule has 1 amide bonds. The summed E-state index contributed by atoms with van der Waals surface area (Å²) in [5, 5.41) is 8.40. The lowest BCUT2D eigenvalue weighted by molar-refractivity contribution is 0.117. The number of ether oxygens (including phenoxy) is 1. The summed E-state index contributed by atoms with van der Waals surface area (Å²) in [6, 6.07) is 2.04. The third-order valence-electron chi connectivity index (χ3n) is 1.91. The van der Waals surface area contributed by atoms with Gasteiger partial charge in [-0.1, -0.05) is 0 Å². The molecule has 1 heterocycles. The maximum atomic E-state index is 10.9. The standard InChI is InChI=1S/C8H13N3O2/c1-10(4-3-9)5-7-6-11(2)8(12)13-7/h7H,4-6H2,1-2H3. The summed E-state index contributed by atoms with van der Waals surface area (Å²) in [7, 11) is 3.53. The van der Waals surface area contributed by atoms with Crippen LogP contribution >= 0.6 is 0 Å². The number of nitriles is 1. The van der Waals surface area contributed by atoms with Crippen molar-refractivity contribution in [3.63, 3.8) is 0 Å². The number of rotatable bonds is 3. The molecule has 0 aromatic rings. The van der Waals surface area contributed by atoms with E-state index in [4.69, 9.17) is 10.00 Å². The summed E-state index contributed by atoms with van der Waals surface area (Å²) in [4.78, 5) is 14.3. The number of cyclic esters (lactones) is 1. The fourth-order valence-corrected chi connectivity index (χ4v) is 1.28. The summed E-state index contributed by atoms with van der Waals surface area (Å²) in [5.41, 5.74) is 0. The highest BCUT2D eigenvalue weighted by molar-refractivity contribution is 5.69. The van der Waals surface area contributed by atoms with E-state index in [2.05, 4.69) is 0 Å². The van der Waals surface area contributed by atoms with Gasteiger partial charge in [-0.25, -0.2) is 4.79 Å². The van der Waals surface area contributed by atoms with Crippen LogP contribution in [-0.4, -0.2) is 55.7 Å². The highest BCUT2D eigenvalue weighted by Gasteiger charge is 2.28. The van der Waals surface area contributed by atoms with Crippen LogP contribution in [-0.2, 0) is 4.74 Å². The molecule has 0 N–H and O–H groups in total. The van der Waals surface area contributed by atoms with Gasteiger partial charge in [0.1, 0.15) is 6.10 Å². The largest absolute Gasteiger partial charge is 0.443 e. The lowest BCUT2D eigenvalue weighted by Crippen LogP contribution is -2.31. The minimum atomic E-state index is -0.282. The Balaban J connectivity index is 2.32. The van der Waals surface area contributed by atoms with Crippen molar-refractivity contribution in [1.82, 2.24) is 9.80 Å². The molecule has 5 heteroatoms. The SMILES string of the molecule is CN(CC#N)CC1CN(C)C(=O)O1. The van der Waals surface area contributed by atoms with Crippen LogP contribution in [0.5, 0.6) is 0 Å². The summed E-state index contributed by atoms with van der Waals surface area (Å²) >= 11 is 0. The van der Waals surface area contributed by atoms with E-state index in [0.29, 0.717) is 19.6 Å². The molecule has 0 aromatic heterocycles. The van der Waals surface area contributed by atoms with Crippen molar-refractivity contribution in [3.8, 4) is 6.07 Å². The van der Waals surface area contributed by atoms with Crippen LogP contribution in [0.25, 0.3) is 0 Å². The zero-order valence-electron chi connectivity index (χ0n) is 7.86. The molecule has 72 valence electrons. The molecule has 1 rings (SSSR count). The van der Waals surface area contributed by atoms with E-state index >= 15 is 0 Å². The van der Waals surface area contributed by atoms with Gasteiger partial charge in [0.15, 0.2) is 0 Å². The van der Waals surface area contributed by atoms with Crippen molar-refractivity contribution < 1.29 is 9.53 Å². The Morgan fingerprint density at radius 2 is 2.54 bits per heavy atom. The molecule has 5 nitrogen and oxygen atoms in total. The van der Waals surface area contributed by atoms with Gasteiger partial charge in [-0.15, -0.1) is 0 Å². The smallest absolute Gasteiger partial charge is 0.410 e. The van der Waals surface area contributed by atoms with Gasteiger partial charge < -0.3 is 9.64 Å². The lowest BCUT2D eigenvalue weighted by Gasteiger charge is -2.15. The van der Waals surface area contributed by atoms with Crippen LogP contribution in [0.3, 0.4) is 0 Å².